The largest absolute Gasteiger partial charge is 1.00 e. The van der Waals surface area contributed by atoms with Crippen LogP contribution in [0.1, 0.15) is 28.6 Å². The molecule has 0 saturated heterocycles. The summed E-state index contributed by atoms with van der Waals surface area (Å²) in [6, 6.07) is 18.6. The number of aryl methyl sites for hydroxylation is 1. The van der Waals surface area contributed by atoms with Crippen LogP contribution in [0.15, 0.2) is 89.6 Å². The van der Waals surface area contributed by atoms with Crippen LogP contribution in [0.5, 0.6) is 6.01 Å². The molecule has 0 aliphatic carbocycles. The van der Waals surface area contributed by atoms with E-state index in [9.17, 15) is 31.2 Å². The van der Waals surface area contributed by atoms with E-state index < -0.39 is 33.9 Å². The van der Waals surface area contributed by atoms with E-state index in [0.717, 1.165) is 12.1 Å². The molecule has 4 aromatic rings. The van der Waals surface area contributed by atoms with Crippen LogP contribution < -0.4 is 44.9 Å². The Morgan fingerprint density at radius 1 is 1.00 bits per heavy atom. The standard InChI is InChI=1S/C18H14F3NO2.C12H12IN5O4S.Na/c1-22-17-14(12-8-5-9-13(10-12)18(19,20)21)15(23)16(24-17)11-6-3-2-4-7-11;1-7-14-10(17-12(15-7)22-2)16-11(19)18-23(20,21)9-6-4-3-5-8(9)13;/h2-10,16,22H,1H3;3-6H,1-2H3,(H2,14,15,16,17,18,19);/q;;+1/p-1. The van der Waals surface area contributed by atoms with Gasteiger partial charge in [-0.05, 0) is 59.3 Å². The van der Waals surface area contributed by atoms with Gasteiger partial charge in [0.25, 0.3) is 0 Å². The number of rotatable bonds is 7. The molecule has 0 radical (unpaired) electrons. The van der Waals surface area contributed by atoms with Crippen molar-refractivity contribution in [3.8, 4) is 6.01 Å². The summed E-state index contributed by atoms with van der Waals surface area (Å²) in [5.74, 6) is -0.0493. The molecule has 0 saturated carbocycles. The number of nitrogens with zero attached hydrogens (tertiary/aromatic N) is 4. The van der Waals surface area contributed by atoms with Crippen molar-refractivity contribution in [2.75, 3.05) is 19.5 Å². The summed E-state index contributed by atoms with van der Waals surface area (Å²) >= 11 is 1.85. The minimum atomic E-state index is -4.47. The van der Waals surface area contributed by atoms with Gasteiger partial charge < -0.3 is 24.8 Å². The number of Topliss-reactive ketones (excluding diaryl/α,β-unsaturated/α-hetero) is 1. The number of benzene rings is 3. The number of hydrogen-bond acceptors (Lipinski definition) is 10. The number of methoxy groups -OCH3 is 1. The predicted octanol–water partition coefficient (Wildman–Crippen LogP) is 3.03. The van der Waals surface area contributed by atoms with E-state index in [-0.39, 0.29) is 69.2 Å². The van der Waals surface area contributed by atoms with Crippen molar-refractivity contribution < 1.29 is 70.2 Å². The molecule has 1 unspecified atom stereocenters. The maximum absolute atomic E-state index is 12.9. The number of nitrogens with one attached hydrogen (secondary N) is 2. The molecule has 3 aromatic carbocycles. The number of amides is 2. The molecule has 2 heterocycles. The monoisotopic (exact) mass is 804 g/mol. The van der Waals surface area contributed by atoms with Gasteiger partial charge in [0.15, 0.2) is 24.0 Å². The normalized spacial score (nSPS) is 14.1. The maximum Gasteiger partial charge on any atom is 1.00 e. The van der Waals surface area contributed by atoms with Crippen molar-refractivity contribution in [3.05, 3.63) is 116 Å². The third-order valence-corrected chi connectivity index (χ3v) is 8.83. The molecule has 2 N–H and O–H groups in total. The minimum Gasteiger partial charge on any atom is -0.467 e. The molecule has 48 heavy (non-hydrogen) atoms. The molecule has 18 heteroatoms. The molecular weight excluding hydrogens is 779 g/mol. The van der Waals surface area contributed by atoms with E-state index in [1.165, 1.54) is 25.3 Å². The molecule has 0 fully saturated rings. The zero-order valence-corrected chi connectivity index (χ0v) is 30.7. The molecule has 5 rings (SSSR count). The molecule has 1 aromatic heterocycles. The summed E-state index contributed by atoms with van der Waals surface area (Å²) < 4.78 is 77.2. The van der Waals surface area contributed by atoms with Crippen LogP contribution >= 0.6 is 22.6 Å². The van der Waals surface area contributed by atoms with E-state index in [0.29, 0.717) is 15.0 Å². The topological polar surface area (TPSA) is 164 Å². The number of alkyl halides is 3. The average molecular weight is 805 g/mol. The smallest absolute Gasteiger partial charge is 0.467 e. The predicted molar refractivity (Wildman–Crippen MR) is 173 cm³/mol. The van der Waals surface area contributed by atoms with Crippen LogP contribution in [0.25, 0.3) is 10.3 Å². The Bertz CT molecular complexity index is 1930. The number of urea groups is 1. The van der Waals surface area contributed by atoms with Crippen LogP contribution in [0, 0.1) is 10.5 Å². The fourth-order valence-electron chi connectivity index (χ4n) is 4.16. The Labute approximate surface area is 309 Å². The first-order valence-corrected chi connectivity index (χ1v) is 15.9. The first-order chi connectivity index (χ1) is 22.2. The second-order valence-electron chi connectivity index (χ2n) is 9.43. The number of anilines is 1. The van der Waals surface area contributed by atoms with Crippen molar-refractivity contribution in [2.45, 2.75) is 24.1 Å². The van der Waals surface area contributed by atoms with E-state index in [1.54, 1.807) is 56.4 Å². The third-order valence-electron chi connectivity index (χ3n) is 6.20. The van der Waals surface area contributed by atoms with Gasteiger partial charge in [0, 0.05) is 16.2 Å². The van der Waals surface area contributed by atoms with Gasteiger partial charge in [-0.15, -0.1) is 0 Å². The van der Waals surface area contributed by atoms with Gasteiger partial charge in [-0.25, -0.2) is 13.4 Å². The van der Waals surface area contributed by atoms with Crippen molar-refractivity contribution in [1.82, 2.24) is 20.3 Å². The van der Waals surface area contributed by atoms with E-state index in [1.807, 2.05) is 28.7 Å². The van der Waals surface area contributed by atoms with Gasteiger partial charge in [0.05, 0.1) is 23.1 Å². The zero-order valence-electron chi connectivity index (χ0n) is 25.7. The molecule has 0 spiro atoms. The average Bonchev–Trinajstić information content (AvgIpc) is 3.37. The summed E-state index contributed by atoms with van der Waals surface area (Å²) in [5, 5.41) is 4.93. The van der Waals surface area contributed by atoms with Crippen LogP contribution in [-0.4, -0.2) is 49.3 Å². The molecule has 1 atom stereocenters. The maximum atomic E-state index is 12.9. The van der Waals surface area contributed by atoms with Crippen LogP contribution in [-0.2, 0) is 25.7 Å². The fourth-order valence-corrected chi connectivity index (χ4v) is 6.31. The van der Waals surface area contributed by atoms with E-state index >= 15 is 0 Å². The number of carbonyl (C=O) groups is 2. The van der Waals surface area contributed by atoms with E-state index in [4.69, 9.17) is 9.47 Å². The Morgan fingerprint density at radius 3 is 2.29 bits per heavy atom. The quantitative estimate of drug-likeness (QED) is 0.210. The van der Waals surface area contributed by atoms with Crippen molar-refractivity contribution in [2.24, 2.45) is 0 Å². The van der Waals surface area contributed by atoms with Gasteiger partial charge in [0.2, 0.25) is 15.8 Å². The summed E-state index contributed by atoms with van der Waals surface area (Å²) in [6.45, 7) is 1.57. The van der Waals surface area contributed by atoms with Gasteiger partial charge in [-0.2, -0.15) is 23.1 Å². The second-order valence-corrected chi connectivity index (χ2v) is 12.2. The number of halogens is 4. The van der Waals surface area contributed by atoms with Crippen LogP contribution in [0.2, 0.25) is 0 Å². The number of aromatic nitrogens is 3. The second kappa shape index (κ2) is 16.6. The van der Waals surface area contributed by atoms with Gasteiger partial charge in [-0.1, -0.05) is 54.6 Å². The Morgan fingerprint density at radius 2 is 1.67 bits per heavy atom. The third kappa shape index (κ3) is 9.65. The molecule has 1 aliphatic rings. The van der Waals surface area contributed by atoms with Crippen molar-refractivity contribution in [1.29, 1.82) is 0 Å². The number of carbonyl (C=O) groups excluding carboxylic acids is 2. The molecule has 12 nitrogen and oxygen atoms in total. The number of ketones is 1. The summed E-state index contributed by atoms with van der Waals surface area (Å²) in [7, 11) is -1.22. The van der Waals surface area contributed by atoms with Crippen molar-refractivity contribution in [3.63, 3.8) is 0 Å². The van der Waals surface area contributed by atoms with Gasteiger partial charge in [0.1, 0.15) is 5.82 Å². The van der Waals surface area contributed by atoms with Gasteiger partial charge in [-0.3, -0.25) is 9.59 Å². The molecule has 1 aliphatic heterocycles. The Balaban J connectivity index is 0.000000255. The number of hydrogen-bond donors (Lipinski definition) is 2. The summed E-state index contributed by atoms with van der Waals surface area (Å²) in [5.41, 5.74) is 0.145. The first kappa shape index (κ1) is 38.7. The number of sulfonamides is 1. The van der Waals surface area contributed by atoms with E-state index in [2.05, 4.69) is 30.3 Å². The molecular formula is C30H25F3IN6NaO6S. The fraction of sp³-hybridized carbons (Fsp3) is 0.167. The summed E-state index contributed by atoms with van der Waals surface area (Å²) in [4.78, 5) is 36.0. The zero-order chi connectivity index (χ0) is 34.4. The number of ether oxygens (including phenoxy) is 2. The molecule has 2 amide bonds. The Kier molecular flexibility index (Phi) is 13.3. The SMILES string of the molecule is CNC1=C(c2cccc(C(F)(F)F)c2)C(=O)C(c2ccccc2)O1.COc1nc(C)nc(NC(=O)[N-]S(=O)(=O)c2ccccc2I)n1.[Na+]. The van der Waals surface area contributed by atoms with Crippen molar-refractivity contribution >= 4 is 55.9 Å². The van der Waals surface area contributed by atoms with Crippen LogP contribution in [0.4, 0.5) is 23.9 Å². The first-order valence-electron chi connectivity index (χ1n) is 13.4. The van der Waals surface area contributed by atoms with Crippen LogP contribution in [0.3, 0.4) is 0 Å². The molecule has 246 valence electrons. The summed E-state index contributed by atoms with van der Waals surface area (Å²) in [6.07, 6.45) is -5.34. The molecule has 0 bridgehead atoms. The minimum absolute atomic E-state index is 0. The van der Waals surface area contributed by atoms with Gasteiger partial charge >= 0.3 is 41.7 Å². The Hall–Kier alpha value is -3.78.